The fraction of sp³-hybridized carbons (Fsp3) is 0.857. The number of nitrogens with two attached hydrogens (primary N) is 1. The summed E-state index contributed by atoms with van der Waals surface area (Å²) in [6.07, 6.45) is 0. The van der Waals surface area contributed by atoms with Crippen molar-refractivity contribution in [2.24, 2.45) is 5.73 Å². The molecule has 0 saturated carbocycles. The summed E-state index contributed by atoms with van der Waals surface area (Å²) in [6, 6.07) is 0. The molecule has 1 saturated heterocycles. The van der Waals surface area contributed by atoms with Gasteiger partial charge in [-0.1, -0.05) is 0 Å². The van der Waals surface area contributed by atoms with Crippen molar-refractivity contribution in [3.8, 4) is 0 Å². The molecule has 1 aliphatic heterocycles. The highest BCUT2D eigenvalue weighted by Gasteiger charge is 2.33. The first kappa shape index (κ1) is 16.9. The van der Waals surface area contributed by atoms with Gasteiger partial charge in [0.1, 0.15) is 0 Å². The van der Waals surface area contributed by atoms with E-state index in [0.29, 0.717) is 26.2 Å². The van der Waals surface area contributed by atoms with E-state index < -0.39 is 5.91 Å². The van der Waals surface area contributed by atoms with Crippen molar-refractivity contribution >= 4 is 11.8 Å². The molecule has 1 aliphatic rings. The van der Waals surface area contributed by atoms with Crippen LogP contribution in [0.3, 0.4) is 0 Å². The van der Waals surface area contributed by atoms with Gasteiger partial charge >= 0.3 is 11.8 Å². The Morgan fingerprint density at radius 1 is 1.15 bits per heavy atom. The van der Waals surface area contributed by atoms with Crippen LogP contribution in [0.4, 0.5) is 0 Å². The van der Waals surface area contributed by atoms with E-state index in [-0.39, 0.29) is 11.4 Å². The molecule has 0 aromatic rings. The summed E-state index contributed by atoms with van der Waals surface area (Å²) in [4.78, 5) is 30.1. The van der Waals surface area contributed by atoms with Gasteiger partial charge in [-0.3, -0.25) is 14.5 Å². The molecule has 0 aromatic heterocycles. The molecule has 0 aromatic carbocycles. The molecule has 2 amide bonds. The third-order valence-electron chi connectivity index (χ3n) is 3.66. The zero-order chi connectivity index (χ0) is 15.3. The van der Waals surface area contributed by atoms with Gasteiger partial charge in [0.05, 0.1) is 0 Å². The van der Waals surface area contributed by atoms with Crippen molar-refractivity contribution in [2.45, 2.75) is 33.2 Å². The first-order valence-corrected chi connectivity index (χ1v) is 7.34. The maximum Gasteiger partial charge on any atom is 0.312 e. The molecule has 0 bridgehead atoms. The lowest BCUT2D eigenvalue weighted by Crippen LogP contribution is -2.56. The molecule has 116 valence electrons. The van der Waals surface area contributed by atoms with Gasteiger partial charge in [-0.05, 0) is 27.7 Å². The third kappa shape index (κ3) is 4.18. The molecule has 6 heteroatoms. The number of nitrogens with zero attached hydrogens (tertiary/aromatic N) is 3. The van der Waals surface area contributed by atoms with E-state index in [9.17, 15) is 9.59 Å². The second-order valence-electron chi connectivity index (χ2n) is 6.14. The lowest BCUT2D eigenvalue weighted by Gasteiger charge is -2.38. The van der Waals surface area contributed by atoms with Crippen molar-refractivity contribution in [1.29, 1.82) is 0 Å². The Morgan fingerprint density at radius 3 is 2.10 bits per heavy atom. The Balaban J connectivity index is 2.60. The van der Waals surface area contributed by atoms with Crippen LogP contribution in [0.15, 0.2) is 0 Å². The van der Waals surface area contributed by atoms with Crippen LogP contribution in [0.2, 0.25) is 0 Å². The number of rotatable bonds is 3. The average Bonchev–Trinajstić information content (AvgIpc) is 2.38. The minimum atomic E-state index is -0.396. The summed E-state index contributed by atoms with van der Waals surface area (Å²) in [5.41, 5.74) is 5.19. The molecule has 0 radical (unpaired) electrons. The van der Waals surface area contributed by atoms with Gasteiger partial charge in [0.15, 0.2) is 0 Å². The molecule has 0 spiro atoms. The number of carbonyl (C=O) groups is 2. The molecule has 6 nitrogen and oxygen atoms in total. The van der Waals surface area contributed by atoms with E-state index in [1.54, 1.807) is 9.80 Å². The SMILES string of the molecule is CCN(C(=O)C(=O)N1CCN(CCN)CC1)C(C)(C)C. The highest BCUT2D eigenvalue weighted by Crippen LogP contribution is 2.14. The Bertz CT molecular complexity index is 344. The molecular weight excluding hydrogens is 256 g/mol. The summed E-state index contributed by atoms with van der Waals surface area (Å²) in [6.45, 7) is 12.5. The van der Waals surface area contributed by atoms with Crippen molar-refractivity contribution in [3.63, 3.8) is 0 Å². The number of carbonyl (C=O) groups excluding carboxylic acids is 2. The number of hydrogen-bond donors (Lipinski definition) is 1. The normalized spacial score (nSPS) is 17.1. The molecule has 0 aliphatic carbocycles. The van der Waals surface area contributed by atoms with Crippen LogP contribution in [0.1, 0.15) is 27.7 Å². The number of likely N-dealkylation sites (N-methyl/N-ethyl adjacent to an activating group) is 1. The van der Waals surface area contributed by atoms with Crippen molar-refractivity contribution in [3.05, 3.63) is 0 Å². The Kier molecular flexibility index (Phi) is 5.95. The third-order valence-corrected chi connectivity index (χ3v) is 3.66. The lowest BCUT2D eigenvalue weighted by molar-refractivity contribution is -0.155. The van der Waals surface area contributed by atoms with E-state index in [2.05, 4.69) is 4.90 Å². The van der Waals surface area contributed by atoms with E-state index in [4.69, 9.17) is 5.73 Å². The van der Waals surface area contributed by atoms with Crippen molar-refractivity contribution in [2.75, 3.05) is 45.8 Å². The number of piperazine rings is 1. The largest absolute Gasteiger partial charge is 0.332 e. The Labute approximate surface area is 121 Å². The molecule has 0 atom stereocenters. The molecule has 1 fully saturated rings. The molecule has 0 unspecified atom stereocenters. The first-order chi connectivity index (χ1) is 9.31. The Hall–Kier alpha value is -1.14. The van der Waals surface area contributed by atoms with Gasteiger partial charge in [0, 0.05) is 51.4 Å². The van der Waals surface area contributed by atoms with Crippen LogP contribution in [0.5, 0.6) is 0 Å². The molecule has 1 rings (SSSR count). The zero-order valence-corrected chi connectivity index (χ0v) is 13.2. The summed E-state index contributed by atoms with van der Waals surface area (Å²) >= 11 is 0. The second kappa shape index (κ2) is 7.04. The van der Waals surface area contributed by atoms with Crippen LogP contribution in [-0.4, -0.2) is 77.9 Å². The lowest BCUT2D eigenvalue weighted by atomic mass is 10.1. The number of amides is 2. The van der Waals surface area contributed by atoms with Crippen LogP contribution < -0.4 is 5.73 Å². The van der Waals surface area contributed by atoms with Crippen molar-refractivity contribution in [1.82, 2.24) is 14.7 Å². The maximum absolute atomic E-state index is 12.3. The summed E-state index contributed by atoms with van der Waals surface area (Å²) < 4.78 is 0. The monoisotopic (exact) mass is 284 g/mol. The summed E-state index contributed by atoms with van der Waals surface area (Å²) in [5, 5.41) is 0. The predicted octanol–water partition coefficient (Wildman–Crippen LogP) is -0.264. The molecule has 1 heterocycles. The van der Waals surface area contributed by atoms with Gasteiger partial charge in [0.25, 0.3) is 0 Å². The minimum absolute atomic E-state index is 0.330. The molecule has 20 heavy (non-hydrogen) atoms. The second-order valence-corrected chi connectivity index (χ2v) is 6.14. The smallest absolute Gasteiger partial charge is 0.312 e. The van der Waals surface area contributed by atoms with Crippen LogP contribution in [0.25, 0.3) is 0 Å². The zero-order valence-electron chi connectivity index (χ0n) is 13.2. The average molecular weight is 284 g/mol. The molecule has 2 N–H and O–H groups in total. The van der Waals surface area contributed by atoms with Gasteiger partial charge in [-0.2, -0.15) is 0 Å². The van der Waals surface area contributed by atoms with Crippen LogP contribution >= 0.6 is 0 Å². The minimum Gasteiger partial charge on any atom is -0.332 e. The summed E-state index contributed by atoms with van der Waals surface area (Å²) in [5.74, 6) is -0.776. The van der Waals surface area contributed by atoms with E-state index in [1.807, 2.05) is 27.7 Å². The predicted molar refractivity (Wildman–Crippen MR) is 79.2 cm³/mol. The first-order valence-electron chi connectivity index (χ1n) is 7.34. The van der Waals surface area contributed by atoms with Gasteiger partial charge in [0.2, 0.25) is 0 Å². The maximum atomic E-state index is 12.3. The van der Waals surface area contributed by atoms with Crippen molar-refractivity contribution < 1.29 is 9.59 Å². The highest BCUT2D eigenvalue weighted by atomic mass is 16.2. The fourth-order valence-corrected chi connectivity index (χ4v) is 2.53. The van der Waals surface area contributed by atoms with Crippen LogP contribution in [0, 0.1) is 0 Å². The standard InChI is InChI=1S/C14H28N4O2/c1-5-18(14(2,3)4)13(20)12(19)17-10-8-16(7-6-15)9-11-17/h5-11,15H2,1-4H3. The van der Waals surface area contributed by atoms with Gasteiger partial charge in [-0.25, -0.2) is 0 Å². The number of hydrogen-bond acceptors (Lipinski definition) is 4. The van der Waals surface area contributed by atoms with E-state index in [0.717, 1.165) is 19.6 Å². The fourth-order valence-electron chi connectivity index (χ4n) is 2.53. The quantitative estimate of drug-likeness (QED) is 0.725. The van der Waals surface area contributed by atoms with E-state index >= 15 is 0 Å². The van der Waals surface area contributed by atoms with Crippen LogP contribution in [-0.2, 0) is 9.59 Å². The van der Waals surface area contributed by atoms with Gasteiger partial charge < -0.3 is 15.5 Å². The van der Waals surface area contributed by atoms with E-state index in [1.165, 1.54) is 0 Å². The van der Waals surface area contributed by atoms with Gasteiger partial charge in [-0.15, -0.1) is 0 Å². The molecular formula is C14H28N4O2. The Morgan fingerprint density at radius 2 is 1.70 bits per heavy atom. The topological polar surface area (TPSA) is 69.9 Å². The highest BCUT2D eigenvalue weighted by molar-refractivity contribution is 6.35. The summed E-state index contributed by atoms with van der Waals surface area (Å²) in [7, 11) is 0.